The number of fused-ring (bicyclic) bond motifs is 1. The highest BCUT2D eigenvalue weighted by atomic mass is 19.1. The summed E-state index contributed by atoms with van der Waals surface area (Å²) in [5.41, 5.74) is 17.8. The van der Waals surface area contributed by atoms with Crippen LogP contribution in [-0.4, -0.2) is 13.1 Å². The fraction of sp³-hybridized carbons (Fsp3) is 0.259. The van der Waals surface area contributed by atoms with Crippen LogP contribution < -0.4 is 15.1 Å². The molecule has 0 bridgehead atoms. The molecule has 0 saturated heterocycles. The molecule has 302 valence electrons. The van der Waals surface area contributed by atoms with Crippen molar-refractivity contribution < 1.29 is 8.78 Å². The van der Waals surface area contributed by atoms with Gasteiger partial charge in [-0.3, -0.25) is 0 Å². The zero-order chi connectivity index (χ0) is 42.3. The van der Waals surface area contributed by atoms with Gasteiger partial charge in [-0.2, -0.15) is 0 Å². The summed E-state index contributed by atoms with van der Waals surface area (Å²) in [4.78, 5) is 4.33. The number of nitrogens with zero attached hydrogens (tertiary/aromatic N) is 2. The monoisotopic (exact) mass is 785 g/mol. The number of hydrogen-bond acceptors (Lipinski definition) is 3. The van der Waals surface area contributed by atoms with Crippen molar-refractivity contribution in [2.24, 2.45) is 0 Å². The molecule has 0 atom stereocenters. The number of hydrogen-bond donors (Lipinski definition) is 1. The summed E-state index contributed by atoms with van der Waals surface area (Å²) >= 11 is 0. The van der Waals surface area contributed by atoms with Crippen molar-refractivity contribution in [2.45, 2.75) is 82.1 Å². The zero-order valence-corrected chi connectivity index (χ0v) is 36.5. The lowest BCUT2D eigenvalue weighted by Crippen LogP contribution is -2.20. The maximum absolute atomic E-state index is 17.2. The van der Waals surface area contributed by atoms with E-state index in [-0.39, 0.29) is 11.6 Å². The van der Waals surface area contributed by atoms with Crippen molar-refractivity contribution >= 4 is 44.9 Å². The smallest absolute Gasteiger partial charge is 0.129 e. The highest BCUT2D eigenvalue weighted by Crippen LogP contribution is 2.44. The normalized spacial score (nSPS) is 11.4. The van der Waals surface area contributed by atoms with E-state index in [0.717, 1.165) is 83.8 Å². The first-order valence-electron chi connectivity index (χ1n) is 20.9. The Morgan fingerprint density at radius 2 is 0.847 bits per heavy atom. The third-order valence-corrected chi connectivity index (χ3v) is 11.9. The van der Waals surface area contributed by atoms with Gasteiger partial charge in [0.2, 0.25) is 0 Å². The van der Waals surface area contributed by atoms with Crippen molar-refractivity contribution in [2.75, 3.05) is 28.2 Å². The summed E-state index contributed by atoms with van der Waals surface area (Å²) in [5.74, 6) is -1.50. The van der Waals surface area contributed by atoms with Gasteiger partial charge in [0.1, 0.15) is 11.6 Å². The molecule has 5 heteroatoms. The third-order valence-electron chi connectivity index (χ3n) is 11.9. The van der Waals surface area contributed by atoms with Gasteiger partial charge in [-0.1, -0.05) is 95.6 Å². The van der Waals surface area contributed by atoms with Crippen molar-refractivity contribution in [1.82, 2.24) is 0 Å². The molecule has 0 aliphatic heterocycles. The third kappa shape index (κ3) is 7.96. The van der Waals surface area contributed by atoms with E-state index in [1.165, 1.54) is 16.7 Å². The van der Waals surface area contributed by atoms with Gasteiger partial charge in [0.15, 0.2) is 0 Å². The lowest BCUT2D eigenvalue weighted by molar-refractivity contribution is 0.587. The Morgan fingerprint density at radius 1 is 0.458 bits per heavy atom. The van der Waals surface area contributed by atoms with Crippen LogP contribution in [0.1, 0.15) is 86.5 Å². The van der Waals surface area contributed by atoms with Crippen molar-refractivity contribution in [3.8, 4) is 0 Å². The van der Waals surface area contributed by atoms with Crippen LogP contribution >= 0.6 is 0 Å². The lowest BCUT2D eigenvalue weighted by Gasteiger charge is -2.30. The van der Waals surface area contributed by atoms with Crippen LogP contribution in [0.3, 0.4) is 0 Å². The molecule has 7 rings (SSSR count). The van der Waals surface area contributed by atoms with Gasteiger partial charge >= 0.3 is 0 Å². The van der Waals surface area contributed by atoms with E-state index in [1.54, 1.807) is 12.1 Å². The second-order valence-electron chi connectivity index (χ2n) is 16.5. The molecule has 0 amide bonds. The van der Waals surface area contributed by atoms with E-state index < -0.39 is 5.92 Å². The van der Waals surface area contributed by atoms with Gasteiger partial charge in [0, 0.05) is 58.5 Å². The predicted octanol–water partition coefficient (Wildman–Crippen LogP) is 15.1. The Labute approximate surface area is 350 Å². The molecule has 0 unspecified atom stereocenters. The minimum absolute atomic E-state index is 0.380. The molecule has 0 radical (unpaired) electrons. The molecule has 7 aromatic carbocycles. The fourth-order valence-electron chi connectivity index (χ4n) is 9.67. The Bertz CT molecular complexity index is 2530. The highest BCUT2D eigenvalue weighted by Gasteiger charge is 2.28. The Balaban J connectivity index is 1.41. The van der Waals surface area contributed by atoms with Crippen LogP contribution in [0.5, 0.6) is 0 Å². The summed E-state index contributed by atoms with van der Waals surface area (Å²) in [6.07, 6.45) is 0. The Morgan fingerprint density at radius 3 is 1.25 bits per heavy atom. The fourth-order valence-corrected chi connectivity index (χ4v) is 9.67. The number of benzene rings is 7. The average Bonchev–Trinajstić information content (AvgIpc) is 3.17. The number of aryl methyl sites for hydroxylation is 9. The van der Waals surface area contributed by atoms with E-state index in [2.05, 4.69) is 146 Å². The summed E-state index contributed by atoms with van der Waals surface area (Å²) in [6.45, 7) is 24.5. The van der Waals surface area contributed by atoms with E-state index >= 15 is 8.78 Å². The maximum Gasteiger partial charge on any atom is 0.129 e. The first-order valence-corrected chi connectivity index (χ1v) is 20.9. The van der Waals surface area contributed by atoms with Crippen molar-refractivity contribution in [3.05, 3.63) is 188 Å². The van der Waals surface area contributed by atoms with Crippen molar-refractivity contribution in [3.63, 3.8) is 0 Å². The van der Waals surface area contributed by atoms with Crippen LogP contribution in [-0.2, 0) is 0 Å². The van der Waals surface area contributed by atoms with E-state index in [1.807, 2.05) is 42.5 Å². The Hall–Kier alpha value is -5.94. The number of halogens is 2. The van der Waals surface area contributed by atoms with Crippen LogP contribution in [0.4, 0.5) is 42.9 Å². The van der Waals surface area contributed by atoms with Crippen LogP contribution in [0, 0.1) is 73.9 Å². The largest absolute Gasteiger partial charge is 0.355 e. The van der Waals surface area contributed by atoms with Crippen LogP contribution in [0.15, 0.2) is 109 Å². The summed E-state index contributed by atoms with van der Waals surface area (Å²) in [6, 6.07) is 36.3. The summed E-state index contributed by atoms with van der Waals surface area (Å²) < 4.78 is 34.4. The molecule has 0 aromatic heterocycles. The van der Waals surface area contributed by atoms with Crippen molar-refractivity contribution in [1.29, 1.82) is 0 Å². The molecule has 7 aromatic rings. The lowest BCUT2D eigenvalue weighted by atomic mass is 9.81. The molecular formula is C54H57F2N3. The number of anilines is 6. The van der Waals surface area contributed by atoms with Gasteiger partial charge in [0.25, 0.3) is 0 Å². The predicted molar refractivity (Wildman–Crippen MR) is 248 cm³/mol. The van der Waals surface area contributed by atoms with Gasteiger partial charge in [-0.15, -0.1) is 0 Å². The van der Waals surface area contributed by atoms with Gasteiger partial charge in [0.05, 0.1) is 0 Å². The zero-order valence-electron chi connectivity index (χ0n) is 36.5. The van der Waals surface area contributed by atoms with Gasteiger partial charge in [-0.05, 0) is 162 Å². The second-order valence-corrected chi connectivity index (χ2v) is 16.5. The summed E-state index contributed by atoms with van der Waals surface area (Å²) in [5, 5.41) is 5.64. The molecule has 1 N–H and O–H groups in total. The minimum Gasteiger partial charge on any atom is -0.355 e. The van der Waals surface area contributed by atoms with Crippen LogP contribution in [0.25, 0.3) is 10.8 Å². The number of rotatable bonds is 11. The van der Waals surface area contributed by atoms with Crippen LogP contribution in [0.2, 0.25) is 0 Å². The minimum atomic E-state index is -0.740. The van der Waals surface area contributed by atoms with Gasteiger partial charge < -0.3 is 15.1 Å². The van der Waals surface area contributed by atoms with Gasteiger partial charge in [-0.25, -0.2) is 8.78 Å². The first-order chi connectivity index (χ1) is 28.2. The molecule has 0 saturated carbocycles. The number of nitrogens with one attached hydrogen (secondary N) is 1. The topological polar surface area (TPSA) is 18.5 Å². The highest BCUT2D eigenvalue weighted by molar-refractivity contribution is 5.98. The van der Waals surface area contributed by atoms with E-state index in [4.69, 9.17) is 0 Å². The molecule has 3 nitrogen and oxygen atoms in total. The average molecular weight is 786 g/mol. The molecule has 0 spiro atoms. The SMILES string of the molecule is CCN(c1ccc(C(c2ccc(N(CC)c3c(C)cc(C)cc3C)cc2F)c2ccc(Nc3c(C)cc(C)cc3C)c3ccccc23)c(F)c1)c1c(C)cc(C)cc1C. The second kappa shape index (κ2) is 16.7. The molecule has 0 heterocycles. The standard InChI is InChI=1S/C54H57F2N3/c1-12-58(53-37(8)26-33(4)27-38(53)9)41-18-20-46(48(55)30-41)51(47-21-19-42(31-49(47)56)59(13-2)54-39(10)28-34(5)29-40(54)11)45-22-23-50(44-17-15-14-16-43(44)45)57-52-35(6)24-32(3)25-36(52)7/h14-31,51,57H,12-13H2,1-11H3. The molecule has 0 aliphatic rings. The molecule has 0 fully saturated rings. The Kier molecular flexibility index (Phi) is 11.7. The quantitative estimate of drug-likeness (QED) is 0.132. The van der Waals surface area contributed by atoms with E-state index in [9.17, 15) is 0 Å². The maximum atomic E-state index is 17.2. The summed E-state index contributed by atoms with van der Waals surface area (Å²) in [7, 11) is 0. The molecule has 0 aliphatic carbocycles. The van der Waals surface area contributed by atoms with E-state index in [0.29, 0.717) is 24.2 Å². The molecular weight excluding hydrogens is 729 g/mol. The molecule has 59 heavy (non-hydrogen) atoms. The first kappa shape index (κ1) is 41.2.